The average molecular weight is 597 g/mol. The van der Waals surface area contributed by atoms with Gasteiger partial charge in [0.1, 0.15) is 0 Å². The van der Waals surface area contributed by atoms with Crippen molar-refractivity contribution in [3.63, 3.8) is 0 Å². The van der Waals surface area contributed by atoms with E-state index in [0.717, 1.165) is 12.1 Å². The standard InChI is InChI=1S/C30H33ClN4O5S/c1-34(2)16-5-17-35(41(3,39)40)24-12-10-23(11-13-24)32-29(21-7-4-6-20(18-21)8-15-27(36)37)28-25-14-9-22(31)19-26(25)33-30(28)38/h4,6-7,9-14,18-19,32H,5,8,15-17H2,1-3H3,(H,33,38)(H,36,37)/b29-28-. The van der Waals surface area contributed by atoms with Crippen molar-refractivity contribution >= 4 is 61.8 Å². The molecule has 0 fully saturated rings. The molecule has 9 nitrogen and oxygen atoms in total. The normalized spacial score (nSPS) is 14.0. The van der Waals surface area contributed by atoms with Gasteiger partial charge < -0.3 is 20.6 Å². The van der Waals surface area contributed by atoms with Crippen molar-refractivity contribution in [3.8, 4) is 0 Å². The average Bonchev–Trinajstić information content (AvgIpc) is 3.22. The van der Waals surface area contributed by atoms with E-state index in [0.29, 0.717) is 63.9 Å². The van der Waals surface area contributed by atoms with Gasteiger partial charge in [0.25, 0.3) is 5.91 Å². The predicted molar refractivity (Wildman–Crippen MR) is 165 cm³/mol. The fourth-order valence-corrected chi connectivity index (χ4v) is 5.82. The van der Waals surface area contributed by atoms with E-state index in [-0.39, 0.29) is 12.3 Å². The molecule has 3 aromatic carbocycles. The number of nitrogens with one attached hydrogen (secondary N) is 2. The van der Waals surface area contributed by atoms with Crippen molar-refractivity contribution < 1.29 is 23.1 Å². The van der Waals surface area contributed by atoms with Crippen molar-refractivity contribution in [2.75, 3.05) is 48.4 Å². The Hall–Kier alpha value is -3.86. The minimum atomic E-state index is -3.49. The van der Waals surface area contributed by atoms with Crippen molar-refractivity contribution in [1.29, 1.82) is 0 Å². The van der Waals surface area contributed by atoms with Crippen molar-refractivity contribution in [1.82, 2.24) is 4.90 Å². The summed E-state index contributed by atoms with van der Waals surface area (Å²) in [5.41, 5.74) is 4.92. The summed E-state index contributed by atoms with van der Waals surface area (Å²) in [5, 5.41) is 15.9. The van der Waals surface area contributed by atoms with Gasteiger partial charge in [0.2, 0.25) is 10.0 Å². The Morgan fingerprint density at radius 2 is 1.76 bits per heavy atom. The van der Waals surface area contributed by atoms with Gasteiger partial charge in [0.05, 0.1) is 28.9 Å². The van der Waals surface area contributed by atoms with Crippen LogP contribution in [0.2, 0.25) is 5.02 Å². The Bertz CT molecular complexity index is 1590. The monoisotopic (exact) mass is 596 g/mol. The molecule has 0 bridgehead atoms. The van der Waals surface area contributed by atoms with Gasteiger partial charge in [-0.25, -0.2) is 8.42 Å². The van der Waals surface area contributed by atoms with E-state index >= 15 is 0 Å². The second kappa shape index (κ2) is 12.8. The zero-order chi connectivity index (χ0) is 29.7. The van der Waals surface area contributed by atoms with E-state index in [1.807, 2.05) is 43.3 Å². The van der Waals surface area contributed by atoms with Gasteiger partial charge in [-0.05, 0) is 87.1 Å². The Kier molecular flexibility index (Phi) is 9.37. The van der Waals surface area contributed by atoms with E-state index in [2.05, 4.69) is 10.6 Å². The number of hydrogen-bond donors (Lipinski definition) is 3. The minimum Gasteiger partial charge on any atom is -0.481 e. The number of amides is 1. The Labute approximate surface area is 245 Å². The predicted octanol–water partition coefficient (Wildman–Crippen LogP) is 5.01. The molecule has 0 spiro atoms. The van der Waals surface area contributed by atoms with Crippen LogP contribution in [0.25, 0.3) is 11.3 Å². The molecule has 0 unspecified atom stereocenters. The quantitative estimate of drug-likeness (QED) is 0.252. The van der Waals surface area contributed by atoms with Gasteiger partial charge >= 0.3 is 5.97 Å². The summed E-state index contributed by atoms with van der Waals surface area (Å²) in [4.78, 5) is 26.4. The maximum atomic E-state index is 13.2. The van der Waals surface area contributed by atoms with E-state index in [4.69, 9.17) is 16.7 Å². The zero-order valence-corrected chi connectivity index (χ0v) is 24.7. The number of carbonyl (C=O) groups is 2. The van der Waals surface area contributed by atoms with Crippen LogP contribution in [0.15, 0.2) is 66.7 Å². The number of carboxylic acid groups (broad SMARTS) is 1. The molecule has 0 aromatic heterocycles. The molecule has 3 aromatic rings. The number of sulfonamides is 1. The number of carbonyl (C=O) groups excluding carboxylic acids is 1. The first-order valence-corrected chi connectivity index (χ1v) is 15.3. The summed E-state index contributed by atoms with van der Waals surface area (Å²) in [6.07, 6.45) is 2.19. The van der Waals surface area contributed by atoms with Crippen LogP contribution in [0.4, 0.5) is 17.1 Å². The lowest BCUT2D eigenvalue weighted by Gasteiger charge is -2.24. The highest BCUT2D eigenvalue weighted by Crippen LogP contribution is 2.39. The molecule has 41 heavy (non-hydrogen) atoms. The molecule has 3 N–H and O–H groups in total. The molecule has 0 saturated heterocycles. The summed E-state index contributed by atoms with van der Waals surface area (Å²) < 4.78 is 26.4. The number of rotatable bonds is 12. The number of hydrogen-bond acceptors (Lipinski definition) is 6. The van der Waals surface area contributed by atoms with Crippen molar-refractivity contribution in [3.05, 3.63) is 88.4 Å². The number of benzene rings is 3. The van der Waals surface area contributed by atoms with Crippen LogP contribution in [-0.4, -0.2) is 63.7 Å². The molecule has 0 saturated carbocycles. The highest BCUT2D eigenvalue weighted by molar-refractivity contribution is 7.92. The molecular formula is C30H33ClN4O5S. The molecule has 1 aliphatic heterocycles. The van der Waals surface area contributed by atoms with Crippen LogP contribution < -0.4 is 14.9 Å². The van der Waals surface area contributed by atoms with Gasteiger partial charge in [-0.15, -0.1) is 0 Å². The second-order valence-electron chi connectivity index (χ2n) is 10.2. The van der Waals surface area contributed by atoms with E-state index in [1.165, 1.54) is 10.6 Å². The van der Waals surface area contributed by atoms with Crippen LogP contribution >= 0.6 is 11.6 Å². The summed E-state index contributed by atoms with van der Waals surface area (Å²) in [6, 6.07) is 19.6. The Morgan fingerprint density at radius 3 is 2.41 bits per heavy atom. The number of anilines is 3. The molecule has 0 radical (unpaired) electrons. The fourth-order valence-electron chi connectivity index (χ4n) is 4.68. The van der Waals surface area contributed by atoms with Crippen LogP contribution in [0.5, 0.6) is 0 Å². The molecule has 0 atom stereocenters. The lowest BCUT2D eigenvalue weighted by Crippen LogP contribution is -2.32. The smallest absolute Gasteiger partial charge is 0.303 e. The SMILES string of the molecule is CN(C)CCCN(c1ccc(N/C(=C2\C(=O)Nc3cc(Cl)ccc32)c2cccc(CCC(=O)O)c2)cc1)S(C)(=O)=O. The topological polar surface area (TPSA) is 119 Å². The maximum Gasteiger partial charge on any atom is 0.303 e. The van der Waals surface area contributed by atoms with Crippen LogP contribution in [-0.2, 0) is 26.0 Å². The third-order valence-corrected chi connectivity index (χ3v) is 8.04. The summed E-state index contributed by atoms with van der Waals surface area (Å²) >= 11 is 6.17. The molecule has 0 aliphatic carbocycles. The molecule has 4 rings (SSSR count). The number of carboxylic acids is 1. The number of fused-ring (bicyclic) bond motifs is 1. The van der Waals surface area contributed by atoms with E-state index < -0.39 is 16.0 Å². The third-order valence-electron chi connectivity index (χ3n) is 6.61. The van der Waals surface area contributed by atoms with Gasteiger partial charge in [-0.2, -0.15) is 0 Å². The molecule has 216 valence electrons. The third kappa shape index (κ3) is 7.66. The van der Waals surface area contributed by atoms with Crippen LogP contribution in [0.3, 0.4) is 0 Å². The fraction of sp³-hybridized carbons (Fsp3) is 0.267. The Morgan fingerprint density at radius 1 is 1.02 bits per heavy atom. The van der Waals surface area contributed by atoms with Crippen molar-refractivity contribution in [2.45, 2.75) is 19.3 Å². The zero-order valence-electron chi connectivity index (χ0n) is 23.1. The summed E-state index contributed by atoms with van der Waals surface area (Å²) in [6.45, 7) is 1.10. The van der Waals surface area contributed by atoms with Gasteiger partial charge in [0, 0.05) is 29.2 Å². The first kappa shape index (κ1) is 30.1. The van der Waals surface area contributed by atoms with Gasteiger partial charge in [-0.1, -0.05) is 35.9 Å². The van der Waals surface area contributed by atoms with Crippen LogP contribution in [0.1, 0.15) is 29.5 Å². The largest absolute Gasteiger partial charge is 0.481 e. The van der Waals surface area contributed by atoms with Gasteiger partial charge in [-0.3, -0.25) is 13.9 Å². The highest BCUT2D eigenvalue weighted by Gasteiger charge is 2.29. The molecule has 11 heteroatoms. The van der Waals surface area contributed by atoms with Crippen molar-refractivity contribution in [2.24, 2.45) is 0 Å². The highest BCUT2D eigenvalue weighted by atomic mass is 35.5. The molecule has 1 amide bonds. The first-order chi connectivity index (χ1) is 19.4. The summed E-state index contributed by atoms with van der Waals surface area (Å²) in [5.74, 6) is -1.19. The summed E-state index contributed by atoms with van der Waals surface area (Å²) in [7, 11) is 0.394. The van der Waals surface area contributed by atoms with Crippen LogP contribution in [0, 0.1) is 0 Å². The Balaban J connectivity index is 1.73. The number of aryl methyl sites for hydroxylation is 1. The number of nitrogens with zero attached hydrogens (tertiary/aromatic N) is 2. The second-order valence-corrected chi connectivity index (χ2v) is 12.5. The first-order valence-electron chi connectivity index (χ1n) is 13.1. The number of aliphatic carboxylic acids is 1. The number of halogens is 1. The lowest BCUT2D eigenvalue weighted by atomic mass is 9.97. The van der Waals surface area contributed by atoms with Gasteiger partial charge in [0.15, 0.2) is 0 Å². The minimum absolute atomic E-state index is 0.0164. The van der Waals surface area contributed by atoms with E-state index in [9.17, 15) is 18.0 Å². The molecule has 1 aliphatic rings. The maximum absolute atomic E-state index is 13.2. The molecular weight excluding hydrogens is 564 g/mol. The van der Waals surface area contributed by atoms with E-state index in [1.54, 1.807) is 42.5 Å². The lowest BCUT2D eigenvalue weighted by molar-refractivity contribution is -0.137. The molecule has 1 heterocycles.